The van der Waals surface area contributed by atoms with Crippen molar-refractivity contribution in [2.24, 2.45) is 0 Å². The van der Waals surface area contributed by atoms with Crippen LogP contribution < -0.4 is 0 Å². The van der Waals surface area contributed by atoms with Crippen molar-refractivity contribution in [1.29, 1.82) is 5.26 Å². The van der Waals surface area contributed by atoms with Gasteiger partial charge in [-0.3, -0.25) is 4.46 Å². The normalized spacial score (nSPS) is 12.1. The average Bonchev–Trinajstić information content (AvgIpc) is 2.46. The van der Waals surface area contributed by atoms with Crippen LogP contribution >= 0.6 is 0 Å². The second kappa shape index (κ2) is 9.25. The van der Waals surface area contributed by atoms with E-state index in [-0.39, 0.29) is 0 Å². The Kier molecular flexibility index (Phi) is 7.10. The van der Waals surface area contributed by atoms with Gasteiger partial charge in [0.25, 0.3) is 0 Å². The Morgan fingerprint density at radius 2 is 2.05 bits per heavy atom. The minimum absolute atomic E-state index is 0.757. The van der Waals surface area contributed by atoms with E-state index in [2.05, 4.69) is 4.43 Å². The van der Waals surface area contributed by atoms with Gasteiger partial charge < -0.3 is 9.22 Å². The van der Waals surface area contributed by atoms with Gasteiger partial charge >= 0.3 is 9.17 Å². The number of rotatable bonds is 6. The summed E-state index contributed by atoms with van der Waals surface area (Å²) >= 11 is 0. The van der Waals surface area contributed by atoms with Crippen molar-refractivity contribution in [1.82, 2.24) is 0 Å². The highest BCUT2D eigenvalue weighted by atomic mass is 28.3. The highest BCUT2D eigenvalue weighted by Gasteiger charge is 1.97. The topological polar surface area (TPSA) is 70.3 Å². The van der Waals surface area contributed by atoms with Crippen molar-refractivity contribution < 1.29 is 13.7 Å². The van der Waals surface area contributed by atoms with E-state index >= 15 is 0 Å². The van der Waals surface area contributed by atoms with Crippen LogP contribution in [0.5, 0.6) is 0 Å². The van der Waals surface area contributed by atoms with Gasteiger partial charge in [-0.25, -0.2) is 0 Å². The zero-order chi connectivity index (χ0) is 14.6. The van der Waals surface area contributed by atoms with Crippen LogP contribution in [0.15, 0.2) is 72.5 Å². The van der Waals surface area contributed by atoms with Gasteiger partial charge in [0, 0.05) is 6.08 Å². The molecule has 0 aliphatic carbocycles. The Balaban J connectivity index is 2.79. The van der Waals surface area contributed by atoms with E-state index in [1.807, 2.05) is 48.6 Å². The highest BCUT2D eigenvalue weighted by molar-refractivity contribution is 6.24. The molecule has 4 nitrogen and oxygen atoms in total. The Morgan fingerprint density at radius 3 is 2.70 bits per heavy atom. The molecule has 0 aliphatic heterocycles. The van der Waals surface area contributed by atoms with Gasteiger partial charge in [-0.1, -0.05) is 48.6 Å². The van der Waals surface area contributed by atoms with Crippen molar-refractivity contribution in [3.63, 3.8) is 0 Å². The zero-order valence-corrected chi connectivity index (χ0v) is 11.6. The largest absolute Gasteiger partial charge is 0.769 e. The minimum atomic E-state index is -2.96. The first-order chi connectivity index (χ1) is 9.72. The molecule has 0 aromatic heterocycles. The van der Waals surface area contributed by atoms with Crippen LogP contribution in [0.1, 0.15) is 5.56 Å². The van der Waals surface area contributed by atoms with Crippen LogP contribution in [-0.2, 0) is 8.89 Å². The summed E-state index contributed by atoms with van der Waals surface area (Å²) in [6.45, 7) is 0. The van der Waals surface area contributed by atoms with Crippen LogP contribution in [0, 0.1) is 11.3 Å². The van der Waals surface area contributed by atoms with Crippen molar-refractivity contribution in [3.8, 4) is 6.07 Å². The molecule has 0 amide bonds. The third kappa shape index (κ3) is 6.89. The molecule has 1 aromatic carbocycles. The molecular formula is C15H13NO3Si. The summed E-state index contributed by atoms with van der Waals surface area (Å²) in [5.41, 5.74) is 1.79. The molecular weight excluding hydrogens is 270 g/mol. The fraction of sp³-hybridized carbons (Fsp3) is 0. The van der Waals surface area contributed by atoms with Gasteiger partial charge in [0.1, 0.15) is 0 Å². The van der Waals surface area contributed by atoms with Gasteiger partial charge in [0.05, 0.1) is 12.3 Å². The second-order valence-corrected chi connectivity index (χ2v) is 4.35. The summed E-state index contributed by atoms with van der Waals surface area (Å²) in [6.07, 6.45) is 11.0. The molecule has 0 unspecified atom stereocenters. The Morgan fingerprint density at radius 1 is 1.30 bits per heavy atom. The fourth-order valence-corrected chi connectivity index (χ4v) is 1.50. The van der Waals surface area contributed by atoms with Crippen molar-refractivity contribution in [2.45, 2.75) is 0 Å². The lowest BCUT2D eigenvalue weighted by Gasteiger charge is -1.93. The van der Waals surface area contributed by atoms with E-state index in [0.29, 0.717) is 0 Å². The third-order valence-corrected chi connectivity index (χ3v) is 2.49. The maximum Gasteiger partial charge on any atom is 0.769 e. The van der Waals surface area contributed by atoms with Gasteiger partial charge in [-0.05, 0) is 23.3 Å². The summed E-state index contributed by atoms with van der Waals surface area (Å²) in [5, 5.41) is 8.54. The fourth-order valence-electron chi connectivity index (χ4n) is 1.30. The average molecular weight is 283 g/mol. The summed E-state index contributed by atoms with van der Waals surface area (Å²) < 4.78 is 14.8. The number of allylic oxidation sites excluding steroid dienone is 6. The monoisotopic (exact) mass is 283 g/mol. The van der Waals surface area contributed by atoms with E-state index in [0.717, 1.165) is 17.4 Å². The second-order valence-electron chi connectivity index (χ2n) is 3.59. The lowest BCUT2D eigenvalue weighted by Crippen LogP contribution is -1.98. The number of nitrogens with zero attached hydrogens (tertiary/aromatic N) is 1. The summed E-state index contributed by atoms with van der Waals surface area (Å²) in [6, 6.07) is 11.6. The predicted octanol–water partition coefficient (Wildman–Crippen LogP) is 2.64. The molecule has 0 fully saturated rings. The van der Waals surface area contributed by atoms with Crippen LogP contribution in [0.4, 0.5) is 0 Å². The number of hydrogen-bond donors (Lipinski definition) is 1. The van der Waals surface area contributed by atoms with Crippen molar-refractivity contribution in [2.75, 3.05) is 0 Å². The molecule has 20 heavy (non-hydrogen) atoms. The Labute approximate surface area is 119 Å². The van der Waals surface area contributed by atoms with Crippen LogP contribution in [0.2, 0.25) is 0 Å². The highest BCUT2D eigenvalue weighted by Crippen LogP contribution is 2.06. The van der Waals surface area contributed by atoms with Crippen LogP contribution in [-0.4, -0.2) is 14.0 Å². The molecule has 0 spiro atoms. The minimum Gasteiger partial charge on any atom is -0.511 e. The van der Waals surface area contributed by atoms with Gasteiger partial charge in [-0.2, -0.15) is 5.26 Å². The van der Waals surface area contributed by atoms with Crippen LogP contribution in [0.25, 0.3) is 6.08 Å². The number of nitriles is 1. The molecule has 1 N–H and O–H groups in total. The van der Waals surface area contributed by atoms with Gasteiger partial charge in [-0.15, -0.1) is 0 Å². The summed E-state index contributed by atoms with van der Waals surface area (Å²) in [4.78, 5) is 8.49. The zero-order valence-electron chi connectivity index (χ0n) is 10.6. The first-order valence-electron chi connectivity index (χ1n) is 5.78. The molecule has 0 aliphatic rings. The number of benzene rings is 1. The maximum atomic E-state index is 10.3. The van der Waals surface area contributed by atoms with E-state index in [1.54, 1.807) is 12.2 Å². The van der Waals surface area contributed by atoms with Gasteiger partial charge in [0.15, 0.2) is 0 Å². The molecule has 0 radical (unpaired) electrons. The smallest absolute Gasteiger partial charge is 0.511 e. The Hall–Kier alpha value is -2.71. The number of hydrogen-bond acceptors (Lipinski definition) is 3. The summed E-state index contributed by atoms with van der Waals surface area (Å²) in [5.74, 6) is 0. The first-order valence-corrected chi connectivity index (χ1v) is 7.04. The molecule has 5 heteroatoms. The molecule has 1 aromatic rings. The Bertz CT molecular complexity index is 595. The van der Waals surface area contributed by atoms with E-state index in [9.17, 15) is 4.46 Å². The molecule has 0 saturated carbocycles. The molecule has 0 heterocycles. The molecule has 100 valence electrons. The van der Waals surface area contributed by atoms with Gasteiger partial charge in [0.2, 0.25) is 0 Å². The lowest BCUT2D eigenvalue weighted by molar-refractivity contribution is 0.306. The molecule has 0 saturated heterocycles. The van der Waals surface area contributed by atoms with Crippen molar-refractivity contribution >= 4 is 15.2 Å². The lowest BCUT2D eigenvalue weighted by atomic mass is 10.1. The van der Waals surface area contributed by atoms with E-state index < -0.39 is 9.17 Å². The van der Waals surface area contributed by atoms with E-state index in [1.165, 1.54) is 12.2 Å². The molecule has 1 rings (SSSR count). The summed E-state index contributed by atoms with van der Waals surface area (Å²) in [7, 11) is -2.96. The van der Waals surface area contributed by atoms with E-state index in [4.69, 9.17) is 10.1 Å². The molecule has 0 bridgehead atoms. The third-order valence-electron chi connectivity index (χ3n) is 2.15. The quantitative estimate of drug-likeness (QED) is 0.377. The standard InChI is InChI=1S/C15H13NO3Si/c16-12-4-8-15(9-5-13-19-20(17)18)11-10-14-6-2-1-3-7-14/h1-11,13,17H. The molecule has 0 atom stereocenters. The van der Waals surface area contributed by atoms with Crippen molar-refractivity contribution in [3.05, 3.63) is 78.1 Å². The maximum absolute atomic E-state index is 10.3. The SMILES string of the molecule is N#CC=CC(C=Cc1ccccc1)=CC=CO[Si](=O)O. The van der Waals surface area contributed by atoms with Crippen LogP contribution in [0.3, 0.4) is 0 Å². The first kappa shape index (κ1) is 15.3. The predicted molar refractivity (Wildman–Crippen MR) is 77.2 cm³/mol.